The van der Waals surface area contributed by atoms with Crippen LogP contribution in [0, 0.1) is 0 Å². The van der Waals surface area contributed by atoms with E-state index in [-0.39, 0.29) is 12.1 Å². The minimum atomic E-state index is -0.346. The maximum absolute atomic E-state index is 11.8. The molecular weight excluding hydrogens is 292 g/mol. The maximum atomic E-state index is 11.8. The molecule has 3 rings (SSSR count). The number of nitrogens with zero attached hydrogens (tertiary/aromatic N) is 1. The van der Waals surface area contributed by atoms with E-state index in [1.165, 1.54) is 0 Å². The lowest BCUT2D eigenvalue weighted by Crippen LogP contribution is -2.28. The van der Waals surface area contributed by atoms with E-state index in [1.54, 1.807) is 13.1 Å². The van der Waals surface area contributed by atoms with Gasteiger partial charge in [-0.15, -0.1) is 0 Å². The van der Waals surface area contributed by atoms with Gasteiger partial charge in [-0.1, -0.05) is 0 Å². The van der Waals surface area contributed by atoms with Gasteiger partial charge in [0.2, 0.25) is 0 Å². The fourth-order valence-corrected chi connectivity index (χ4v) is 3.00. The summed E-state index contributed by atoms with van der Waals surface area (Å²) in [6, 6.07) is 8.16. The molecule has 1 saturated carbocycles. The number of aromatic nitrogens is 1. The molecule has 1 fully saturated rings. The average molecular weight is 314 g/mol. The summed E-state index contributed by atoms with van der Waals surface area (Å²) >= 11 is 0. The minimum Gasteiger partial charge on any atom is -0.462 e. The van der Waals surface area contributed by atoms with Crippen LogP contribution in [0.1, 0.15) is 43.0 Å². The smallest absolute Gasteiger partial charge is 0.339 e. The summed E-state index contributed by atoms with van der Waals surface area (Å²) in [6.45, 7) is 2.14. The first kappa shape index (κ1) is 15.7. The molecule has 1 aliphatic carbocycles. The minimum absolute atomic E-state index is 0.152. The van der Waals surface area contributed by atoms with Gasteiger partial charge >= 0.3 is 5.97 Å². The molecule has 122 valence electrons. The van der Waals surface area contributed by atoms with Crippen LogP contribution in [0.3, 0.4) is 0 Å². The monoisotopic (exact) mass is 314 g/mol. The molecule has 5 heteroatoms. The quantitative estimate of drug-likeness (QED) is 0.848. The Balaban J connectivity index is 1.78. The van der Waals surface area contributed by atoms with Crippen molar-refractivity contribution >= 4 is 22.6 Å². The highest BCUT2D eigenvalue weighted by atomic mass is 16.5. The maximum Gasteiger partial charge on any atom is 0.339 e. The van der Waals surface area contributed by atoms with Gasteiger partial charge in [-0.2, -0.15) is 0 Å². The first-order valence-corrected chi connectivity index (χ1v) is 8.17. The number of ether oxygens (including phenoxy) is 1. The van der Waals surface area contributed by atoms with Crippen LogP contribution in [-0.2, 0) is 4.74 Å². The van der Waals surface area contributed by atoms with Gasteiger partial charge in [0, 0.05) is 23.3 Å². The van der Waals surface area contributed by atoms with Gasteiger partial charge in [0.25, 0.3) is 0 Å². The largest absolute Gasteiger partial charge is 0.462 e. The molecule has 0 unspecified atom stereocenters. The summed E-state index contributed by atoms with van der Waals surface area (Å²) in [7, 11) is 0. The molecule has 5 nitrogen and oxygen atoms in total. The number of pyridine rings is 1. The predicted molar refractivity (Wildman–Crippen MR) is 89.6 cm³/mol. The third kappa shape index (κ3) is 3.79. The number of rotatable bonds is 4. The van der Waals surface area contributed by atoms with Gasteiger partial charge < -0.3 is 15.2 Å². The third-order valence-corrected chi connectivity index (χ3v) is 4.26. The Hall–Kier alpha value is -2.14. The van der Waals surface area contributed by atoms with Crippen LogP contribution < -0.4 is 5.32 Å². The number of carbonyl (C=O) groups is 1. The molecule has 2 aromatic rings. The number of hydrogen-bond acceptors (Lipinski definition) is 5. The molecule has 0 atom stereocenters. The van der Waals surface area contributed by atoms with Crippen molar-refractivity contribution in [2.45, 2.75) is 44.8 Å². The van der Waals surface area contributed by atoms with Crippen LogP contribution in [0.15, 0.2) is 30.5 Å². The summed E-state index contributed by atoms with van der Waals surface area (Å²) in [5.41, 5.74) is 2.33. The zero-order chi connectivity index (χ0) is 16.2. The first-order chi connectivity index (χ1) is 11.2. The topological polar surface area (TPSA) is 71.5 Å². The lowest BCUT2D eigenvalue weighted by Gasteiger charge is -2.27. The Morgan fingerprint density at radius 3 is 2.83 bits per heavy atom. The molecule has 1 aliphatic rings. The van der Waals surface area contributed by atoms with E-state index in [0.29, 0.717) is 18.2 Å². The van der Waals surface area contributed by atoms with Crippen molar-refractivity contribution in [3.63, 3.8) is 0 Å². The second-order valence-electron chi connectivity index (χ2n) is 6.00. The molecule has 1 heterocycles. The molecular formula is C18H22N2O3. The number of aliphatic hydroxyl groups excluding tert-OH is 1. The Morgan fingerprint density at radius 2 is 2.09 bits per heavy atom. The zero-order valence-corrected chi connectivity index (χ0v) is 13.3. The molecule has 0 amide bonds. The van der Waals surface area contributed by atoms with Crippen molar-refractivity contribution in [2.75, 3.05) is 11.9 Å². The molecule has 1 aromatic carbocycles. The average Bonchev–Trinajstić information content (AvgIpc) is 2.56. The molecule has 0 saturated heterocycles. The van der Waals surface area contributed by atoms with Crippen LogP contribution in [0.4, 0.5) is 5.69 Å². The molecule has 1 aromatic heterocycles. The zero-order valence-electron chi connectivity index (χ0n) is 13.3. The number of anilines is 1. The van der Waals surface area contributed by atoms with E-state index < -0.39 is 0 Å². The Morgan fingerprint density at radius 1 is 1.30 bits per heavy atom. The van der Waals surface area contributed by atoms with Gasteiger partial charge in [-0.25, -0.2) is 4.79 Å². The van der Waals surface area contributed by atoms with E-state index in [9.17, 15) is 9.90 Å². The molecule has 0 radical (unpaired) electrons. The second-order valence-corrected chi connectivity index (χ2v) is 6.00. The summed E-state index contributed by atoms with van der Waals surface area (Å²) in [4.78, 5) is 16.1. The Labute approximate surface area is 135 Å². The number of fused-ring (bicyclic) bond motifs is 1. The first-order valence-electron chi connectivity index (χ1n) is 8.17. The summed E-state index contributed by atoms with van der Waals surface area (Å²) in [6.07, 6.45) is 5.04. The van der Waals surface area contributed by atoms with Crippen molar-refractivity contribution < 1.29 is 14.6 Å². The van der Waals surface area contributed by atoms with Gasteiger partial charge in [-0.3, -0.25) is 4.98 Å². The molecule has 0 aliphatic heterocycles. The van der Waals surface area contributed by atoms with E-state index in [0.717, 1.165) is 42.3 Å². The van der Waals surface area contributed by atoms with Crippen molar-refractivity contribution in [1.29, 1.82) is 0 Å². The van der Waals surface area contributed by atoms with Crippen LogP contribution in [0.25, 0.3) is 10.9 Å². The van der Waals surface area contributed by atoms with E-state index in [2.05, 4.69) is 10.3 Å². The van der Waals surface area contributed by atoms with E-state index >= 15 is 0 Å². The van der Waals surface area contributed by atoms with Crippen molar-refractivity contribution in [2.24, 2.45) is 0 Å². The summed E-state index contributed by atoms with van der Waals surface area (Å²) < 4.78 is 5.02. The summed E-state index contributed by atoms with van der Waals surface area (Å²) in [5, 5.41) is 14.0. The van der Waals surface area contributed by atoms with E-state index in [1.807, 2.05) is 24.3 Å². The fourth-order valence-electron chi connectivity index (χ4n) is 3.00. The number of carbonyl (C=O) groups excluding carboxylic acids is 1. The fraction of sp³-hybridized carbons (Fsp3) is 0.444. The molecule has 2 N–H and O–H groups in total. The third-order valence-electron chi connectivity index (χ3n) is 4.26. The molecule has 23 heavy (non-hydrogen) atoms. The Kier molecular flexibility index (Phi) is 4.76. The van der Waals surface area contributed by atoms with Gasteiger partial charge in [-0.05, 0) is 56.9 Å². The number of nitrogens with one attached hydrogen (secondary N) is 1. The van der Waals surface area contributed by atoms with Crippen LogP contribution in [0.5, 0.6) is 0 Å². The van der Waals surface area contributed by atoms with Crippen molar-refractivity contribution in [3.05, 3.63) is 36.0 Å². The lowest BCUT2D eigenvalue weighted by molar-refractivity contribution is 0.0526. The Bertz CT molecular complexity index is 694. The van der Waals surface area contributed by atoms with Gasteiger partial charge in [0.1, 0.15) is 0 Å². The standard InChI is InChI=1S/C18H22N2O3/c1-2-23-18(22)13-9-12-10-15(5-8-17(12)19-11-13)20-14-3-6-16(21)7-4-14/h5,8-11,14,16,20-21H,2-4,6-7H2,1H3. The SMILES string of the molecule is CCOC(=O)c1cnc2ccc(NC3CCC(O)CC3)cc2c1. The van der Waals surface area contributed by atoms with Gasteiger partial charge in [0.05, 0.1) is 23.8 Å². The number of hydrogen-bond donors (Lipinski definition) is 2. The predicted octanol–water partition coefficient (Wildman–Crippen LogP) is 3.13. The number of esters is 1. The van der Waals surface area contributed by atoms with Crippen molar-refractivity contribution in [1.82, 2.24) is 4.98 Å². The van der Waals surface area contributed by atoms with Crippen LogP contribution in [0.2, 0.25) is 0 Å². The van der Waals surface area contributed by atoms with Gasteiger partial charge in [0.15, 0.2) is 0 Å². The number of benzene rings is 1. The van der Waals surface area contributed by atoms with Crippen molar-refractivity contribution in [3.8, 4) is 0 Å². The highest BCUT2D eigenvalue weighted by Gasteiger charge is 2.19. The second kappa shape index (κ2) is 6.96. The van der Waals surface area contributed by atoms with E-state index in [4.69, 9.17) is 4.74 Å². The molecule has 0 bridgehead atoms. The van der Waals surface area contributed by atoms with Crippen LogP contribution >= 0.6 is 0 Å². The molecule has 0 spiro atoms. The normalized spacial score (nSPS) is 21.1. The lowest BCUT2D eigenvalue weighted by atomic mass is 9.93. The highest BCUT2D eigenvalue weighted by Crippen LogP contribution is 2.24. The summed E-state index contributed by atoms with van der Waals surface area (Å²) in [5.74, 6) is -0.346. The highest BCUT2D eigenvalue weighted by molar-refractivity contribution is 5.94. The van der Waals surface area contributed by atoms with Crippen LogP contribution in [-0.4, -0.2) is 34.8 Å². The number of aliphatic hydroxyl groups is 1.